The van der Waals surface area contributed by atoms with Gasteiger partial charge in [-0.05, 0) is 25.3 Å². The van der Waals surface area contributed by atoms with Crippen LogP contribution in [0.25, 0.3) is 0 Å². The maximum Gasteiger partial charge on any atom is 0.147 e. The molecule has 0 radical (unpaired) electrons. The molecule has 0 spiro atoms. The van der Waals surface area contributed by atoms with Gasteiger partial charge >= 0.3 is 0 Å². The monoisotopic (exact) mass is 235 g/mol. The van der Waals surface area contributed by atoms with E-state index in [1.54, 1.807) is 0 Å². The Balaban J connectivity index is 3.59. The van der Waals surface area contributed by atoms with Crippen LogP contribution in [-0.4, -0.2) is 32.8 Å². The Hall–Kier alpha value is -0.420. The molecule has 4 nitrogen and oxygen atoms in total. The van der Waals surface area contributed by atoms with Crippen LogP contribution in [0.15, 0.2) is 0 Å². The Morgan fingerprint density at radius 3 is 2.40 bits per heavy atom. The summed E-state index contributed by atoms with van der Waals surface area (Å²) in [7, 11) is -2.93. The van der Waals surface area contributed by atoms with Crippen LogP contribution in [0.3, 0.4) is 0 Å². The average Bonchev–Trinajstić information content (AvgIpc) is 2.12. The SMILES string of the molecule is CC(CN)CCC(=O)CCCS(C)(=O)=O. The fraction of sp³-hybridized carbons (Fsp3) is 0.900. The minimum Gasteiger partial charge on any atom is -0.330 e. The van der Waals surface area contributed by atoms with Gasteiger partial charge in [-0.1, -0.05) is 6.92 Å². The van der Waals surface area contributed by atoms with Gasteiger partial charge in [0.2, 0.25) is 0 Å². The molecule has 0 aromatic rings. The first-order valence-corrected chi connectivity index (χ1v) is 7.30. The van der Waals surface area contributed by atoms with Gasteiger partial charge in [0.15, 0.2) is 0 Å². The Morgan fingerprint density at radius 2 is 1.93 bits per heavy atom. The molecule has 90 valence electrons. The molecule has 0 aliphatic carbocycles. The fourth-order valence-electron chi connectivity index (χ4n) is 1.18. The predicted molar refractivity (Wildman–Crippen MR) is 61.4 cm³/mol. The van der Waals surface area contributed by atoms with Crippen molar-refractivity contribution in [3.8, 4) is 0 Å². The molecule has 0 amide bonds. The van der Waals surface area contributed by atoms with E-state index in [1.807, 2.05) is 6.92 Å². The summed E-state index contributed by atoms with van der Waals surface area (Å²) in [5.74, 6) is 0.605. The minimum atomic E-state index is -2.93. The molecule has 0 heterocycles. The lowest BCUT2D eigenvalue weighted by Gasteiger charge is -2.06. The fourth-order valence-corrected chi connectivity index (χ4v) is 1.85. The van der Waals surface area contributed by atoms with Crippen LogP contribution in [0.4, 0.5) is 0 Å². The first-order valence-electron chi connectivity index (χ1n) is 5.24. The number of ketones is 1. The number of nitrogens with two attached hydrogens (primary N) is 1. The van der Waals surface area contributed by atoms with E-state index >= 15 is 0 Å². The van der Waals surface area contributed by atoms with Crippen molar-refractivity contribution in [2.75, 3.05) is 18.6 Å². The Kier molecular flexibility index (Phi) is 6.76. The Morgan fingerprint density at radius 1 is 1.33 bits per heavy atom. The molecule has 15 heavy (non-hydrogen) atoms. The lowest BCUT2D eigenvalue weighted by atomic mass is 10.0. The second kappa shape index (κ2) is 6.95. The number of sulfone groups is 1. The smallest absolute Gasteiger partial charge is 0.147 e. The van der Waals surface area contributed by atoms with Crippen LogP contribution in [0.1, 0.15) is 32.6 Å². The zero-order chi connectivity index (χ0) is 11.9. The summed E-state index contributed by atoms with van der Waals surface area (Å²) in [5.41, 5.74) is 5.42. The standard InChI is InChI=1S/C10H21NO3S/c1-9(8-11)5-6-10(12)4-3-7-15(2,13)14/h9H,3-8,11H2,1-2H3. The van der Waals surface area contributed by atoms with Crippen molar-refractivity contribution < 1.29 is 13.2 Å². The summed E-state index contributed by atoms with van der Waals surface area (Å²) in [5, 5.41) is 0. The second-order valence-electron chi connectivity index (χ2n) is 4.15. The van der Waals surface area contributed by atoms with Crippen LogP contribution >= 0.6 is 0 Å². The summed E-state index contributed by atoms with van der Waals surface area (Å²) >= 11 is 0. The van der Waals surface area contributed by atoms with E-state index in [2.05, 4.69) is 0 Å². The van der Waals surface area contributed by atoms with Gasteiger partial charge in [-0.15, -0.1) is 0 Å². The molecule has 0 aromatic heterocycles. The Labute approximate surface area is 92.2 Å². The second-order valence-corrected chi connectivity index (χ2v) is 6.41. The highest BCUT2D eigenvalue weighted by Gasteiger charge is 2.07. The molecule has 0 bridgehead atoms. The first-order chi connectivity index (χ1) is 6.85. The first kappa shape index (κ1) is 14.6. The normalized spacial score (nSPS) is 13.8. The van der Waals surface area contributed by atoms with Gasteiger partial charge in [0, 0.05) is 19.1 Å². The molecule has 0 aliphatic rings. The summed E-state index contributed by atoms with van der Waals surface area (Å²) in [4.78, 5) is 11.3. The van der Waals surface area contributed by atoms with E-state index in [0.29, 0.717) is 31.7 Å². The van der Waals surface area contributed by atoms with Gasteiger partial charge in [0.25, 0.3) is 0 Å². The molecule has 1 unspecified atom stereocenters. The third kappa shape index (κ3) is 9.87. The van der Waals surface area contributed by atoms with Crippen LogP contribution < -0.4 is 5.73 Å². The lowest BCUT2D eigenvalue weighted by molar-refractivity contribution is -0.119. The van der Waals surface area contributed by atoms with Crippen molar-refractivity contribution in [2.24, 2.45) is 11.7 Å². The zero-order valence-corrected chi connectivity index (χ0v) is 10.3. The number of carbonyl (C=O) groups excluding carboxylic acids is 1. The van der Waals surface area contributed by atoms with Crippen LogP contribution in [0, 0.1) is 5.92 Å². The molecular formula is C10H21NO3S. The molecule has 0 rings (SSSR count). The molecule has 1 atom stereocenters. The number of hydrogen-bond acceptors (Lipinski definition) is 4. The van der Waals surface area contributed by atoms with E-state index in [1.165, 1.54) is 6.26 Å². The van der Waals surface area contributed by atoms with Gasteiger partial charge in [0.05, 0.1) is 5.75 Å². The van der Waals surface area contributed by atoms with E-state index in [-0.39, 0.29) is 11.5 Å². The third-order valence-electron chi connectivity index (χ3n) is 2.29. The molecule has 5 heteroatoms. The molecule has 0 saturated heterocycles. The van der Waals surface area contributed by atoms with Gasteiger partial charge in [-0.25, -0.2) is 8.42 Å². The molecular weight excluding hydrogens is 214 g/mol. The van der Waals surface area contributed by atoms with Crippen LogP contribution in [0.5, 0.6) is 0 Å². The van der Waals surface area contributed by atoms with Crippen molar-refractivity contribution in [1.82, 2.24) is 0 Å². The van der Waals surface area contributed by atoms with Crippen molar-refractivity contribution in [1.29, 1.82) is 0 Å². The highest BCUT2D eigenvalue weighted by molar-refractivity contribution is 7.90. The van der Waals surface area contributed by atoms with E-state index in [4.69, 9.17) is 5.73 Å². The average molecular weight is 235 g/mol. The predicted octanol–water partition coefficient (Wildman–Crippen LogP) is 0.755. The molecule has 0 aromatic carbocycles. The summed E-state index contributed by atoms with van der Waals surface area (Å²) in [6.45, 7) is 2.60. The quantitative estimate of drug-likeness (QED) is 0.673. The summed E-state index contributed by atoms with van der Waals surface area (Å²) < 4.78 is 21.6. The maximum absolute atomic E-state index is 11.3. The van der Waals surface area contributed by atoms with Gasteiger partial charge in [0.1, 0.15) is 15.6 Å². The maximum atomic E-state index is 11.3. The van der Waals surface area contributed by atoms with Gasteiger partial charge in [-0.2, -0.15) is 0 Å². The minimum absolute atomic E-state index is 0.102. The highest BCUT2D eigenvalue weighted by atomic mass is 32.2. The highest BCUT2D eigenvalue weighted by Crippen LogP contribution is 2.07. The Bertz CT molecular complexity index is 285. The van der Waals surface area contributed by atoms with E-state index in [9.17, 15) is 13.2 Å². The number of Topliss-reactive ketones (excluding diaryl/α,β-unsaturated/α-hetero) is 1. The third-order valence-corrected chi connectivity index (χ3v) is 3.32. The van der Waals surface area contributed by atoms with Crippen LogP contribution in [0.2, 0.25) is 0 Å². The van der Waals surface area contributed by atoms with Crippen molar-refractivity contribution in [2.45, 2.75) is 32.6 Å². The van der Waals surface area contributed by atoms with Crippen LogP contribution in [-0.2, 0) is 14.6 Å². The van der Waals surface area contributed by atoms with Crippen molar-refractivity contribution in [3.05, 3.63) is 0 Å². The summed E-state index contributed by atoms with van der Waals surface area (Å²) in [6, 6.07) is 0. The lowest BCUT2D eigenvalue weighted by Crippen LogP contribution is -2.13. The topological polar surface area (TPSA) is 77.2 Å². The number of hydrogen-bond donors (Lipinski definition) is 1. The number of carbonyl (C=O) groups is 1. The molecule has 2 N–H and O–H groups in total. The molecule has 0 saturated carbocycles. The molecule has 0 aliphatic heterocycles. The van der Waals surface area contributed by atoms with Crippen molar-refractivity contribution in [3.63, 3.8) is 0 Å². The largest absolute Gasteiger partial charge is 0.330 e. The zero-order valence-electron chi connectivity index (χ0n) is 9.53. The molecule has 0 fully saturated rings. The van der Waals surface area contributed by atoms with Crippen molar-refractivity contribution >= 4 is 15.6 Å². The van der Waals surface area contributed by atoms with E-state index < -0.39 is 9.84 Å². The number of rotatable bonds is 8. The summed E-state index contributed by atoms with van der Waals surface area (Å²) in [6.07, 6.45) is 3.31. The van der Waals surface area contributed by atoms with Gasteiger partial charge < -0.3 is 5.73 Å². The van der Waals surface area contributed by atoms with Gasteiger partial charge in [-0.3, -0.25) is 4.79 Å². The van der Waals surface area contributed by atoms with E-state index in [0.717, 1.165) is 6.42 Å².